The second-order valence-electron chi connectivity index (χ2n) is 35.5. The molecule has 7 saturated heterocycles. The molecule has 22 rings (SSSR count). The average molecular weight is 2010 g/mol. The lowest BCUT2D eigenvalue weighted by molar-refractivity contribution is -0.125. The van der Waals surface area contributed by atoms with Gasteiger partial charge in [0.2, 0.25) is 77.1 Å². The Labute approximate surface area is 837 Å². The van der Waals surface area contributed by atoms with Crippen LogP contribution in [0.2, 0.25) is 0 Å². The molecule has 746 valence electrons. The van der Waals surface area contributed by atoms with Gasteiger partial charge in [0.15, 0.2) is 22.6 Å². The minimum Gasteiger partial charge on any atom is -0.354 e. The number of halogens is 2. The molecule has 16 heterocycles. The van der Waals surface area contributed by atoms with Crippen LogP contribution in [0.4, 0.5) is 84.9 Å². The molecule has 0 atom stereocenters. The SMILES string of the molecule is CN(C)S(=O)(=O)N1CCN(c2nc(Nc3ccccc3)n3ncc(/C=C4\CC(=O)NC4=O)c3n2)CC1.N#Cc1cccc(CN2CCN(c3nc(Nc4ccccc4)n4ncc(/C=C5\CC(=O)NC5=O)c4n3)CC2)c1.N#Cc1cccnc1N1CCCN(c2nc(Nc3ccccc3)n3ncc(/C=C4\CC(=O)NC4=O)c3n2)CC1.O=C1C/C(=C\c2cnn3c(Nc4ccccc4)nc(NC4CCC(F)(F)CC4)nc23)C(=O)N1. The zero-order valence-corrected chi connectivity index (χ0v) is 80.0. The summed E-state index contributed by atoms with van der Waals surface area (Å²) in [7, 11) is -0.494. The van der Waals surface area contributed by atoms with E-state index in [9.17, 15) is 66.1 Å². The van der Waals surface area contributed by atoms with Crippen molar-refractivity contribution in [2.24, 2.45) is 0 Å². The van der Waals surface area contributed by atoms with E-state index in [-0.39, 0.29) is 87.2 Å². The summed E-state index contributed by atoms with van der Waals surface area (Å²) in [4.78, 5) is 148. The largest absolute Gasteiger partial charge is 0.354 e. The number of nitrogens with zero attached hydrogens (tertiary/aromatic N) is 26. The van der Waals surface area contributed by atoms with Crippen LogP contribution >= 0.6 is 0 Å². The van der Waals surface area contributed by atoms with Crippen molar-refractivity contribution in [3.8, 4) is 12.1 Å². The van der Waals surface area contributed by atoms with E-state index in [0.29, 0.717) is 171 Å². The van der Waals surface area contributed by atoms with Gasteiger partial charge < -0.3 is 46.2 Å². The first kappa shape index (κ1) is 97.7. The zero-order chi connectivity index (χ0) is 102. The number of nitrogens with one attached hydrogen (secondary N) is 9. The summed E-state index contributed by atoms with van der Waals surface area (Å²) >= 11 is 0. The summed E-state index contributed by atoms with van der Waals surface area (Å²) in [6, 6.07) is 53.6. The van der Waals surface area contributed by atoms with Gasteiger partial charge in [0, 0.05) is 192 Å². The molecule has 147 heavy (non-hydrogen) atoms. The number of alkyl halides is 2. The van der Waals surface area contributed by atoms with Crippen molar-refractivity contribution in [3.63, 3.8) is 0 Å². The van der Waals surface area contributed by atoms with Crippen LogP contribution in [0.5, 0.6) is 0 Å². The van der Waals surface area contributed by atoms with Crippen molar-refractivity contribution < 1.29 is 55.6 Å². The van der Waals surface area contributed by atoms with Gasteiger partial charge in [-0.2, -0.15) is 106 Å². The van der Waals surface area contributed by atoms with Gasteiger partial charge in [-0.15, -0.1) is 0 Å². The quantitative estimate of drug-likeness (QED) is 0.0227. The fraction of sp³-hybridized carbons (Fsp3) is 0.263. The second kappa shape index (κ2) is 42.9. The van der Waals surface area contributed by atoms with Crippen LogP contribution < -0.4 is 67.5 Å². The minimum absolute atomic E-state index is 0.00839. The number of hydrogen-bond donors (Lipinski definition) is 9. The van der Waals surface area contributed by atoms with E-state index in [2.05, 4.69) is 120 Å². The fourth-order valence-corrected chi connectivity index (χ4v) is 18.6. The highest BCUT2D eigenvalue weighted by atomic mass is 32.2. The molecule has 5 aromatic carbocycles. The van der Waals surface area contributed by atoms with Gasteiger partial charge in [0.1, 0.15) is 11.9 Å². The third-order valence-corrected chi connectivity index (χ3v) is 27.0. The highest BCUT2D eigenvalue weighted by Crippen LogP contribution is 2.37. The molecule has 8 fully saturated rings. The number of amides is 8. The van der Waals surface area contributed by atoms with E-state index < -0.39 is 39.8 Å². The first-order chi connectivity index (χ1) is 71.2. The number of pyridine rings is 1. The lowest BCUT2D eigenvalue weighted by atomic mass is 9.92. The van der Waals surface area contributed by atoms with Gasteiger partial charge >= 0.3 is 0 Å². The molecule has 8 aliphatic rings. The van der Waals surface area contributed by atoms with Crippen LogP contribution in [0.25, 0.3) is 46.9 Å². The lowest BCUT2D eigenvalue weighted by Gasteiger charge is -2.35. The molecule has 45 nitrogen and oxygen atoms in total. The van der Waals surface area contributed by atoms with E-state index in [0.717, 1.165) is 74.0 Å². The Balaban J connectivity index is 0.000000124. The molecule has 1 aliphatic carbocycles. The van der Waals surface area contributed by atoms with E-state index >= 15 is 0 Å². The first-order valence-corrected chi connectivity index (χ1v) is 48.5. The number of fused-ring (bicyclic) bond motifs is 4. The first-order valence-electron chi connectivity index (χ1n) is 47.1. The topological polar surface area (TPSA) is 534 Å². The summed E-state index contributed by atoms with van der Waals surface area (Å²) in [5.74, 6) is -1.53. The Morgan fingerprint density at radius 1 is 0.429 bits per heavy atom. The van der Waals surface area contributed by atoms with Crippen molar-refractivity contribution in [2.75, 3.05) is 139 Å². The molecular formula is C99H95F2N35O10S. The van der Waals surface area contributed by atoms with E-state index in [1.165, 1.54) is 37.9 Å². The van der Waals surface area contributed by atoms with E-state index in [1.807, 2.05) is 150 Å². The summed E-state index contributed by atoms with van der Waals surface area (Å²) < 4.78 is 61.0. The van der Waals surface area contributed by atoms with Gasteiger partial charge in [-0.25, -0.2) is 13.8 Å². The van der Waals surface area contributed by atoms with Crippen molar-refractivity contribution in [3.05, 3.63) is 250 Å². The summed E-state index contributed by atoms with van der Waals surface area (Å²) in [6.45, 7) is 7.90. The maximum Gasteiger partial charge on any atom is 0.281 e. The maximum atomic E-state index is 13.6. The number of rotatable bonds is 22. The molecule has 9 aromatic heterocycles. The summed E-state index contributed by atoms with van der Waals surface area (Å²) in [6.07, 6.45) is 15.6. The number of carbonyl (C=O) groups is 8. The van der Waals surface area contributed by atoms with Gasteiger partial charge in [-0.05, 0) is 122 Å². The van der Waals surface area contributed by atoms with Crippen LogP contribution in [0.3, 0.4) is 0 Å². The number of carbonyl (C=O) groups excluding carboxylic acids is 8. The molecule has 7 aliphatic heterocycles. The van der Waals surface area contributed by atoms with Gasteiger partial charge in [-0.3, -0.25) is 64.5 Å². The van der Waals surface area contributed by atoms with Crippen molar-refractivity contribution in [2.45, 2.75) is 76.3 Å². The van der Waals surface area contributed by atoms with Crippen LogP contribution in [-0.2, 0) is 55.1 Å². The smallest absolute Gasteiger partial charge is 0.281 e. The molecule has 0 unspecified atom stereocenters. The number of aromatic nitrogens is 17. The molecule has 14 aromatic rings. The van der Waals surface area contributed by atoms with E-state index in [4.69, 9.17) is 24.9 Å². The number of benzene rings is 5. The minimum atomic E-state index is -3.51. The normalized spacial score (nSPS) is 17.9. The third kappa shape index (κ3) is 22.8. The molecule has 0 radical (unpaired) electrons. The number of hydrogen-bond acceptors (Lipinski definition) is 35. The Hall–Kier alpha value is -18.2. The molecule has 9 N–H and O–H groups in total. The van der Waals surface area contributed by atoms with Crippen LogP contribution in [0.1, 0.15) is 96.7 Å². The number of piperazine rings is 2. The molecule has 0 bridgehead atoms. The number of nitriles is 2. The monoisotopic (exact) mass is 2000 g/mol. The summed E-state index contributed by atoms with van der Waals surface area (Å²) in [5, 5.41) is 61.9. The Morgan fingerprint density at radius 3 is 1.18 bits per heavy atom. The van der Waals surface area contributed by atoms with Crippen molar-refractivity contribution in [1.29, 1.82) is 10.5 Å². The standard InChI is InChI=1S/C28H25N9O2.C27H24N10O2.C22H21F2N7O2.C22H25N9O4S/c29-16-19-5-4-6-20(13-19)18-35-9-11-36(12-10-35)27-33-25-22(14-21-15-24(38)32-26(21)39)17-30-37(25)28(34-27)31-23-7-2-1-3-8-23;28-16-18-6-4-9-29-23(18)35-10-5-11-36(13-12-35)26-33-24-20(14-19-15-22(38)32-25(19)39)17-30-37(24)27(34-26)31-21-7-2-1-3-8-21;23-22(24)8-6-16(7-9-22)26-20-29-18-14(10-13-11-17(32)28-19(13)33)12-25-31(18)21(30-20)27-15-4-2-1-3-5-15;1-28(2)36(34,35)30-10-8-29(9-11-30)21-26-19-16(12-15-13-18(32)25-20(15)33)14-23-31(19)22(27-21)24-17-6-4-3-5-7-17/h1-8,13-14,17H,9-12,15,18H2,(H,31,33,34)(H,32,38,39);1-4,6-9,14,17H,5,10-13,15H2,(H,31,33,34)(H,32,38,39);1-5,10,12,16H,6-9,11H2,(H,28,32,33)(H2,26,27,29,30);3-7,12,14H,8-11,13H2,1-2H3,(H,24,26,27)(H,25,32,33)/b21-14+;19-14+;13-10+;15-12+. The highest BCUT2D eigenvalue weighted by Gasteiger charge is 2.38. The Bertz CT molecular complexity index is 7800. The predicted octanol–water partition coefficient (Wildman–Crippen LogP) is 8.29. The lowest BCUT2D eigenvalue weighted by Crippen LogP contribution is -2.52. The van der Waals surface area contributed by atoms with Crippen LogP contribution in [0, 0.1) is 22.7 Å². The van der Waals surface area contributed by atoms with E-state index in [1.54, 1.807) is 70.3 Å². The number of anilines is 13. The summed E-state index contributed by atoms with van der Waals surface area (Å²) in [5.41, 5.74) is 11.2. The molecule has 0 spiro atoms. The zero-order valence-electron chi connectivity index (χ0n) is 79.2. The second-order valence-corrected chi connectivity index (χ2v) is 37.6. The van der Waals surface area contributed by atoms with Gasteiger partial charge in [0.05, 0.1) is 67.7 Å². The van der Waals surface area contributed by atoms with Crippen LogP contribution in [0.15, 0.2) is 211 Å². The van der Waals surface area contributed by atoms with Crippen molar-refractivity contribution in [1.82, 2.24) is 118 Å². The molecule has 48 heteroatoms. The van der Waals surface area contributed by atoms with Crippen molar-refractivity contribution >= 4 is 181 Å². The van der Waals surface area contributed by atoms with Crippen LogP contribution in [-0.4, -0.2) is 257 Å². The molecule has 8 amide bonds. The Kier molecular flexibility index (Phi) is 28.5. The average Bonchev–Trinajstić information content (AvgIpc) is 1.66. The van der Waals surface area contributed by atoms with Gasteiger partial charge in [0.25, 0.3) is 33.8 Å². The highest BCUT2D eigenvalue weighted by molar-refractivity contribution is 7.86. The number of imide groups is 4. The maximum absolute atomic E-state index is 13.6. The Morgan fingerprint density at radius 2 is 0.796 bits per heavy atom. The number of para-hydroxylation sites is 4. The molecular weight excluding hydrogens is 1910 g/mol. The third-order valence-electron chi connectivity index (χ3n) is 25.0. The fourth-order valence-electron chi connectivity index (χ4n) is 17.5. The van der Waals surface area contributed by atoms with Gasteiger partial charge in [-0.1, -0.05) is 84.9 Å². The predicted molar refractivity (Wildman–Crippen MR) is 539 cm³/mol. The molecule has 1 saturated carbocycles.